The van der Waals surface area contributed by atoms with Gasteiger partial charge in [-0.25, -0.2) is 4.79 Å². The number of anilines is 1. The van der Waals surface area contributed by atoms with Crippen LogP contribution in [0.1, 0.15) is 0 Å². The molecule has 0 bridgehead atoms. The molecule has 27 heavy (non-hydrogen) atoms. The minimum atomic E-state index is -3.01. The van der Waals surface area contributed by atoms with E-state index < -0.39 is 25.1 Å². The Labute approximate surface area is 166 Å². The molecule has 2 rings (SSSR count). The van der Waals surface area contributed by atoms with Crippen molar-refractivity contribution in [3.8, 4) is 11.5 Å². The van der Waals surface area contributed by atoms with Crippen molar-refractivity contribution >= 4 is 45.1 Å². The van der Waals surface area contributed by atoms with Crippen molar-refractivity contribution in [1.82, 2.24) is 0 Å². The Bertz CT molecular complexity index is 804. The third kappa shape index (κ3) is 7.40. The fourth-order valence-corrected chi connectivity index (χ4v) is 2.32. The molecule has 0 atom stereocenters. The van der Waals surface area contributed by atoms with Crippen LogP contribution in [-0.2, 0) is 14.3 Å². The molecule has 0 aromatic heterocycles. The van der Waals surface area contributed by atoms with Gasteiger partial charge < -0.3 is 19.5 Å². The van der Waals surface area contributed by atoms with Gasteiger partial charge in [0.25, 0.3) is 5.91 Å². The summed E-state index contributed by atoms with van der Waals surface area (Å²) < 4.78 is 39.4. The molecule has 0 aliphatic heterocycles. The summed E-state index contributed by atoms with van der Waals surface area (Å²) in [7, 11) is 0. The Kier molecular flexibility index (Phi) is 7.81. The van der Waals surface area contributed by atoms with Crippen molar-refractivity contribution in [1.29, 1.82) is 0 Å². The maximum absolute atomic E-state index is 12.2. The molecule has 0 heterocycles. The summed E-state index contributed by atoms with van der Waals surface area (Å²) in [6, 6.07) is 10.6. The summed E-state index contributed by atoms with van der Waals surface area (Å²) in [5.41, 5.74) is 0.230. The third-order valence-electron chi connectivity index (χ3n) is 2.97. The second-order valence-corrected chi connectivity index (χ2v) is 6.30. The zero-order valence-corrected chi connectivity index (χ0v) is 15.9. The van der Waals surface area contributed by atoms with Crippen LogP contribution < -0.4 is 14.8 Å². The van der Waals surface area contributed by atoms with E-state index in [-0.39, 0.29) is 23.1 Å². The predicted octanol–water partition coefficient (Wildman–Crippen LogP) is 4.26. The number of alkyl halides is 2. The molecule has 0 radical (unpaired) electrons. The van der Waals surface area contributed by atoms with Crippen molar-refractivity contribution < 1.29 is 32.6 Å². The van der Waals surface area contributed by atoms with Gasteiger partial charge in [0.05, 0.1) is 5.02 Å². The molecular weight excluding hydrogens is 452 g/mol. The number of hydrogen-bond donors (Lipinski definition) is 1. The second kappa shape index (κ2) is 10.1. The van der Waals surface area contributed by atoms with Gasteiger partial charge in [-0.3, -0.25) is 4.79 Å². The van der Waals surface area contributed by atoms with Crippen LogP contribution in [0.3, 0.4) is 0 Å². The van der Waals surface area contributed by atoms with Crippen LogP contribution in [0.5, 0.6) is 11.5 Å². The first-order valence-electron chi connectivity index (χ1n) is 7.41. The van der Waals surface area contributed by atoms with E-state index in [0.29, 0.717) is 5.75 Å². The predicted molar refractivity (Wildman–Crippen MR) is 97.3 cm³/mol. The summed E-state index contributed by atoms with van der Waals surface area (Å²) in [6.45, 7) is -3.92. The Morgan fingerprint density at radius 2 is 1.81 bits per heavy atom. The Morgan fingerprint density at radius 3 is 2.44 bits per heavy atom. The van der Waals surface area contributed by atoms with Gasteiger partial charge >= 0.3 is 12.6 Å². The molecule has 6 nitrogen and oxygen atoms in total. The highest BCUT2D eigenvalue weighted by molar-refractivity contribution is 9.10. The quantitative estimate of drug-likeness (QED) is 0.591. The van der Waals surface area contributed by atoms with Crippen LogP contribution in [0.15, 0.2) is 46.9 Å². The summed E-state index contributed by atoms with van der Waals surface area (Å²) >= 11 is 9.05. The van der Waals surface area contributed by atoms with E-state index in [1.54, 1.807) is 24.3 Å². The third-order valence-corrected chi connectivity index (χ3v) is 3.79. The maximum Gasteiger partial charge on any atom is 0.387 e. The van der Waals surface area contributed by atoms with E-state index in [0.717, 1.165) is 4.47 Å². The van der Waals surface area contributed by atoms with Gasteiger partial charge in [-0.1, -0.05) is 27.5 Å². The lowest BCUT2D eigenvalue weighted by molar-refractivity contribution is -0.149. The SMILES string of the molecule is O=C(COC(=O)COc1ccc(Br)cc1)Nc1ccc(OC(F)F)c(Cl)c1. The van der Waals surface area contributed by atoms with Gasteiger partial charge in [0.15, 0.2) is 13.2 Å². The van der Waals surface area contributed by atoms with E-state index >= 15 is 0 Å². The van der Waals surface area contributed by atoms with Crippen molar-refractivity contribution in [2.24, 2.45) is 0 Å². The monoisotopic (exact) mass is 463 g/mol. The highest BCUT2D eigenvalue weighted by atomic mass is 79.9. The number of carbonyl (C=O) groups is 2. The van der Waals surface area contributed by atoms with Crippen molar-refractivity contribution in [3.63, 3.8) is 0 Å². The van der Waals surface area contributed by atoms with Crippen molar-refractivity contribution in [3.05, 3.63) is 52.0 Å². The number of nitrogens with one attached hydrogen (secondary N) is 1. The average molecular weight is 465 g/mol. The van der Waals surface area contributed by atoms with Crippen LogP contribution in [0.2, 0.25) is 5.02 Å². The first-order chi connectivity index (χ1) is 12.8. The van der Waals surface area contributed by atoms with E-state index in [1.165, 1.54) is 18.2 Å². The van der Waals surface area contributed by atoms with E-state index in [4.69, 9.17) is 21.1 Å². The zero-order chi connectivity index (χ0) is 19.8. The largest absolute Gasteiger partial charge is 0.482 e. The molecule has 0 unspecified atom stereocenters. The number of amides is 1. The maximum atomic E-state index is 12.2. The summed E-state index contributed by atoms with van der Waals surface area (Å²) in [5, 5.41) is 2.31. The van der Waals surface area contributed by atoms with E-state index in [9.17, 15) is 18.4 Å². The summed E-state index contributed by atoms with van der Waals surface area (Å²) in [5.74, 6) is -1.11. The Balaban J connectivity index is 1.76. The van der Waals surface area contributed by atoms with Gasteiger partial charge in [0.1, 0.15) is 11.5 Å². The molecule has 1 amide bonds. The van der Waals surface area contributed by atoms with Gasteiger partial charge in [-0.05, 0) is 42.5 Å². The lowest BCUT2D eigenvalue weighted by Gasteiger charge is -2.10. The van der Waals surface area contributed by atoms with Gasteiger partial charge in [0.2, 0.25) is 0 Å². The minimum absolute atomic E-state index is 0.104. The lowest BCUT2D eigenvalue weighted by atomic mass is 10.3. The van der Waals surface area contributed by atoms with Crippen molar-refractivity contribution in [2.75, 3.05) is 18.5 Å². The fourth-order valence-electron chi connectivity index (χ4n) is 1.83. The number of hydrogen-bond acceptors (Lipinski definition) is 5. The Hall–Kier alpha value is -2.39. The van der Waals surface area contributed by atoms with Crippen molar-refractivity contribution in [2.45, 2.75) is 6.61 Å². The minimum Gasteiger partial charge on any atom is -0.482 e. The molecule has 0 spiro atoms. The molecule has 2 aromatic carbocycles. The smallest absolute Gasteiger partial charge is 0.387 e. The van der Waals surface area contributed by atoms with E-state index in [1.807, 2.05) is 0 Å². The van der Waals surface area contributed by atoms with Gasteiger partial charge in [-0.2, -0.15) is 8.78 Å². The second-order valence-electron chi connectivity index (χ2n) is 4.98. The van der Waals surface area contributed by atoms with Crippen LogP contribution >= 0.6 is 27.5 Å². The first-order valence-corrected chi connectivity index (χ1v) is 8.59. The zero-order valence-electron chi connectivity index (χ0n) is 13.6. The Morgan fingerprint density at radius 1 is 1.11 bits per heavy atom. The van der Waals surface area contributed by atoms with Crippen LogP contribution in [0.25, 0.3) is 0 Å². The molecule has 2 aromatic rings. The molecule has 144 valence electrons. The summed E-state index contributed by atoms with van der Waals surface area (Å²) in [4.78, 5) is 23.4. The molecular formula is C17H13BrClF2NO5. The van der Waals surface area contributed by atoms with Crippen LogP contribution in [0, 0.1) is 0 Å². The number of benzene rings is 2. The lowest BCUT2D eigenvalue weighted by Crippen LogP contribution is -2.23. The first kappa shape index (κ1) is 20.9. The highest BCUT2D eigenvalue weighted by Gasteiger charge is 2.12. The summed E-state index contributed by atoms with van der Waals surface area (Å²) in [6.07, 6.45) is 0. The number of ether oxygens (including phenoxy) is 3. The molecule has 1 N–H and O–H groups in total. The molecule has 10 heteroatoms. The molecule has 0 aliphatic rings. The molecule has 0 fully saturated rings. The van der Waals surface area contributed by atoms with Crippen LogP contribution in [-0.4, -0.2) is 31.7 Å². The van der Waals surface area contributed by atoms with Crippen LogP contribution in [0.4, 0.5) is 14.5 Å². The van der Waals surface area contributed by atoms with E-state index in [2.05, 4.69) is 26.0 Å². The number of halogens is 4. The standard InChI is InChI=1S/C17H13BrClF2NO5/c18-10-1-4-12(5-2-10)25-9-16(24)26-8-15(23)22-11-3-6-14(13(19)7-11)27-17(20)21/h1-7,17H,8-9H2,(H,22,23). The number of carbonyl (C=O) groups excluding carboxylic acids is 2. The van der Waals surface area contributed by atoms with Gasteiger partial charge in [-0.15, -0.1) is 0 Å². The normalized spacial score (nSPS) is 10.4. The topological polar surface area (TPSA) is 73.9 Å². The fraction of sp³-hybridized carbons (Fsp3) is 0.176. The number of esters is 1. The van der Waals surface area contributed by atoms with Gasteiger partial charge in [0, 0.05) is 10.2 Å². The molecule has 0 aliphatic carbocycles. The average Bonchev–Trinajstić information content (AvgIpc) is 2.61. The number of rotatable bonds is 8. The highest BCUT2D eigenvalue weighted by Crippen LogP contribution is 2.28. The molecule has 0 saturated heterocycles. The molecule has 0 saturated carbocycles.